The number of aryl methyl sites for hydroxylation is 1. The zero-order valence-electron chi connectivity index (χ0n) is 16.5. The Labute approximate surface area is 168 Å². The number of nitrogens with one attached hydrogen (secondary N) is 1. The van der Waals surface area contributed by atoms with Crippen LogP contribution in [0.3, 0.4) is 0 Å². The molecule has 0 bridgehead atoms. The number of hydrogen-bond acceptors (Lipinski definition) is 2. The van der Waals surface area contributed by atoms with E-state index in [0.717, 1.165) is 40.6 Å². The van der Waals surface area contributed by atoms with Gasteiger partial charge in [-0.3, -0.25) is 4.79 Å². The maximum Gasteiger partial charge on any atom is 0.222 e. The highest BCUT2D eigenvalue weighted by Crippen LogP contribution is 2.32. The number of rotatable bonds is 5. The molecule has 1 aliphatic rings. The fourth-order valence-corrected chi connectivity index (χ4v) is 4.13. The molecule has 152 valence electrons. The van der Waals surface area contributed by atoms with E-state index in [1.54, 1.807) is 18.2 Å². The summed E-state index contributed by atoms with van der Waals surface area (Å²) in [6.07, 6.45) is 2.44. The van der Waals surface area contributed by atoms with Gasteiger partial charge >= 0.3 is 0 Å². The number of hydrogen-bond donors (Lipinski definition) is 2. The van der Waals surface area contributed by atoms with E-state index in [9.17, 15) is 13.6 Å². The molecule has 4 nitrogen and oxygen atoms in total. The molecule has 2 heterocycles. The number of halogens is 2. The maximum absolute atomic E-state index is 13.9. The van der Waals surface area contributed by atoms with Crippen molar-refractivity contribution in [2.75, 3.05) is 13.1 Å². The van der Waals surface area contributed by atoms with E-state index in [1.807, 2.05) is 11.8 Å². The summed E-state index contributed by atoms with van der Waals surface area (Å²) in [6, 6.07) is 10.7. The summed E-state index contributed by atoms with van der Waals surface area (Å²) in [4.78, 5) is 17.9. The monoisotopic (exact) mass is 397 g/mol. The zero-order chi connectivity index (χ0) is 20.6. The van der Waals surface area contributed by atoms with Gasteiger partial charge in [0, 0.05) is 41.6 Å². The molecule has 0 radical (unpaired) electrons. The lowest BCUT2D eigenvalue weighted by atomic mass is 9.97. The fourth-order valence-electron chi connectivity index (χ4n) is 4.13. The fraction of sp³-hybridized carbons (Fsp3) is 0.348. The molecular weight excluding hydrogens is 372 g/mol. The minimum atomic E-state index is -0.329. The van der Waals surface area contributed by atoms with Crippen molar-refractivity contribution in [3.8, 4) is 11.3 Å². The molecule has 3 aromatic rings. The highest BCUT2D eigenvalue weighted by molar-refractivity contribution is 5.91. The average Bonchev–Trinajstić information content (AvgIpc) is 3.28. The van der Waals surface area contributed by atoms with Crippen molar-refractivity contribution in [3.63, 3.8) is 0 Å². The van der Waals surface area contributed by atoms with E-state index in [2.05, 4.69) is 4.98 Å². The summed E-state index contributed by atoms with van der Waals surface area (Å²) >= 11 is 0. The molecule has 1 aliphatic heterocycles. The average molecular weight is 397 g/mol. The first-order valence-electron chi connectivity index (χ1n) is 10.0. The summed E-state index contributed by atoms with van der Waals surface area (Å²) < 4.78 is 27.3. The van der Waals surface area contributed by atoms with E-state index in [-0.39, 0.29) is 23.1 Å². The molecule has 29 heavy (non-hydrogen) atoms. The summed E-state index contributed by atoms with van der Waals surface area (Å²) in [6.45, 7) is 3.30. The van der Waals surface area contributed by atoms with E-state index < -0.39 is 0 Å². The van der Waals surface area contributed by atoms with Crippen LogP contribution in [-0.2, 0) is 11.2 Å². The molecule has 0 saturated carbocycles. The van der Waals surface area contributed by atoms with Gasteiger partial charge in [0.05, 0.1) is 0 Å². The molecule has 6 heteroatoms. The second kappa shape index (κ2) is 7.59. The van der Waals surface area contributed by atoms with E-state index >= 15 is 0 Å². The van der Waals surface area contributed by atoms with Crippen LogP contribution in [-0.4, -0.2) is 34.4 Å². The van der Waals surface area contributed by atoms with Crippen molar-refractivity contribution < 1.29 is 13.6 Å². The third-order valence-corrected chi connectivity index (χ3v) is 6.03. The molecule has 1 aromatic heterocycles. The molecule has 3 N–H and O–H groups in total. The van der Waals surface area contributed by atoms with Crippen molar-refractivity contribution in [3.05, 3.63) is 59.7 Å². The first kappa shape index (κ1) is 19.6. The van der Waals surface area contributed by atoms with Crippen LogP contribution in [0.15, 0.2) is 42.5 Å². The quantitative estimate of drug-likeness (QED) is 0.671. The smallest absolute Gasteiger partial charge is 0.222 e. The Balaban J connectivity index is 1.62. The normalized spacial score (nSPS) is 19.2. The summed E-state index contributed by atoms with van der Waals surface area (Å²) in [5.41, 5.74) is 9.28. The highest BCUT2D eigenvalue weighted by atomic mass is 19.1. The second-order valence-electron chi connectivity index (χ2n) is 7.96. The predicted octanol–water partition coefficient (Wildman–Crippen LogP) is 4.39. The molecule has 1 fully saturated rings. The van der Waals surface area contributed by atoms with Gasteiger partial charge in [-0.25, -0.2) is 8.78 Å². The highest BCUT2D eigenvalue weighted by Gasteiger charge is 2.34. The van der Waals surface area contributed by atoms with E-state index in [1.165, 1.54) is 24.3 Å². The van der Waals surface area contributed by atoms with Gasteiger partial charge in [0.15, 0.2) is 0 Å². The Hall–Kier alpha value is -2.73. The van der Waals surface area contributed by atoms with Crippen LogP contribution < -0.4 is 5.73 Å². The Kier molecular flexibility index (Phi) is 5.13. The van der Waals surface area contributed by atoms with Gasteiger partial charge < -0.3 is 15.6 Å². The first-order valence-corrected chi connectivity index (χ1v) is 10.0. The minimum Gasteiger partial charge on any atom is -0.354 e. The van der Waals surface area contributed by atoms with Crippen molar-refractivity contribution in [1.29, 1.82) is 0 Å². The number of carbonyl (C=O) groups excluding carboxylic acids is 1. The van der Waals surface area contributed by atoms with Crippen LogP contribution >= 0.6 is 0 Å². The Morgan fingerprint density at radius 3 is 2.59 bits per heavy atom. The van der Waals surface area contributed by atoms with Gasteiger partial charge in [-0.1, -0.05) is 6.92 Å². The minimum absolute atomic E-state index is 0.0570. The van der Waals surface area contributed by atoms with Gasteiger partial charge in [0.2, 0.25) is 5.91 Å². The molecule has 1 amide bonds. The lowest BCUT2D eigenvalue weighted by molar-refractivity contribution is -0.130. The number of nitrogens with two attached hydrogens (primary N) is 1. The number of likely N-dealkylation sites (tertiary alicyclic amines) is 1. The summed E-state index contributed by atoms with van der Waals surface area (Å²) in [5, 5.41) is 0.750. The number of amides is 1. The number of nitrogens with zero attached hydrogens (tertiary/aromatic N) is 1. The molecule has 0 aliphatic carbocycles. The van der Waals surface area contributed by atoms with Crippen LogP contribution in [0.1, 0.15) is 31.7 Å². The summed E-state index contributed by atoms with van der Waals surface area (Å²) in [5.74, 6) is -0.588. The number of aromatic amines is 1. The van der Waals surface area contributed by atoms with Gasteiger partial charge in [-0.05, 0) is 72.9 Å². The van der Waals surface area contributed by atoms with E-state index in [4.69, 9.17) is 5.73 Å². The molecule has 1 atom stereocenters. The Morgan fingerprint density at radius 1 is 1.17 bits per heavy atom. The van der Waals surface area contributed by atoms with Crippen molar-refractivity contribution in [1.82, 2.24) is 9.88 Å². The number of benzene rings is 2. The Bertz CT molecular complexity index is 1040. The van der Waals surface area contributed by atoms with Gasteiger partial charge in [0.1, 0.15) is 11.6 Å². The van der Waals surface area contributed by atoms with Crippen molar-refractivity contribution in [2.24, 2.45) is 5.73 Å². The van der Waals surface area contributed by atoms with Crippen molar-refractivity contribution >= 4 is 16.8 Å². The second-order valence-corrected chi connectivity index (χ2v) is 7.96. The summed E-state index contributed by atoms with van der Waals surface area (Å²) in [7, 11) is 0. The van der Waals surface area contributed by atoms with Gasteiger partial charge in [-0.15, -0.1) is 0 Å². The van der Waals surface area contributed by atoms with Gasteiger partial charge in [0.25, 0.3) is 0 Å². The topological polar surface area (TPSA) is 62.1 Å². The van der Waals surface area contributed by atoms with Crippen LogP contribution in [0.4, 0.5) is 8.78 Å². The van der Waals surface area contributed by atoms with Crippen LogP contribution in [0.5, 0.6) is 0 Å². The first-order chi connectivity index (χ1) is 13.9. The molecule has 0 spiro atoms. The lowest BCUT2D eigenvalue weighted by Gasteiger charge is -2.22. The third kappa shape index (κ3) is 3.90. The van der Waals surface area contributed by atoms with E-state index in [0.29, 0.717) is 25.9 Å². The maximum atomic E-state index is 13.9. The molecule has 1 unspecified atom stereocenters. The predicted molar refractivity (Wildman–Crippen MR) is 110 cm³/mol. The lowest BCUT2D eigenvalue weighted by Crippen LogP contribution is -2.43. The number of H-pyrrole nitrogens is 1. The zero-order valence-corrected chi connectivity index (χ0v) is 16.5. The SMILES string of the molecule is CCC1(N)CCN(C(=O)CCc2c(-c3ccc(F)cc3)[nH]c3ccc(F)cc23)C1. The number of aromatic nitrogens is 1. The molecule has 1 saturated heterocycles. The van der Waals surface area contributed by atoms with Gasteiger partial charge in [-0.2, -0.15) is 0 Å². The molecule has 4 rings (SSSR count). The largest absolute Gasteiger partial charge is 0.354 e. The molecule has 2 aromatic carbocycles. The van der Waals surface area contributed by atoms with Crippen molar-refractivity contribution in [2.45, 2.75) is 38.1 Å². The Morgan fingerprint density at radius 2 is 1.90 bits per heavy atom. The molecular formula is C23H25F2N3O. The van der Waals surface area contributed by atoms with Crippen LogP contribution in [0.2, 0.25) is 0 Å². The standard InChI is InChI=1S/C23H25F2N3O/c1-2-23(26)11-12-28(14-23)21(29)10-8-18-19-13-17(25)7-9-20(19)27-22(18)15-3-5-16(24)6-4-15/h3-7,9,13,27H,2,8,10-12,14,26H2,1H3. The number of carbonyl (C=O) groups is 1. The van der Waals surface area contributed by atoms with Crippen LogP contribution in [0.25, 0.3) is 22.2 Å². The van der Waals surface area contributed by atoms with Crippen LogP contribution in [0, 0.1) is 11.6 Å². The number of fused-ring (bicyclic) bond motifs is 1. The third-order valence-electron chi connectivity index (χ3n) is 6.03.